The Morgan fingerprint density at radius 2 is 1.83 bits per heavy atom. The minimum absolute atomic E-state index is 0.0280. The fourth-order valence-electron chi connectivity index (χ4n) is 2.06. The number of halogens is 3. The second-order valence-electron chi connectivity index (χ2n) is 6.95. The van der Waals surface area contributed by atoms with Gasteiger partial charge in [-0.25, -0.2) is 13.2 Å². The van der Waals surface area contributed by atoms with Crippen molar-refractivity contribution < 1.29 is 13.2 Å². The predicted octanol–water partition coefficient (Wildman–Crippen LogP) is 5.53. The molecule has 0 N–H and O–H groups in total. The lowest BCUT2D eigenvalue weighted by atomic mass is 10.0. The van der Waals surface area contributed by atoms with Crippen molar-refractivity contribution in [2.45, 2.75) is 59.0 Å². The van der Waals surface area contributed by atoms with Gasteiger partial charge in [0, 0.05) is 30.3 Å². The number of alkyl halides is 2. The zero-order chi connectivity index (χ0) is 18.7. The van der Waals surface area contributed by atoms with Crippen molar-refractivity contribution in [3.8, 4) is 0 Å². The summed E-state index contributed by atoms with van der Waals surface area (Å²) < 4.78 is 41.3. The maximum Gasteiger partial charge on any atom is 0.285 e. The van der Waals surface area contributed by atoms with Crippen LogP contribution in [0.5, 0.6) is 0 Å². The molecule has 0 aliphatic rings. The van der Waals surface area contributed by atoms with E-state index in [1.807, 2.05) is 32.7 Å². The van der Waals surface area contributed by atoms with Gasteiger partial charge in [-0.2, -0.15) is 0 Å². The van der Waals surface area contributed by atoms with Crippen molar-refractivity contribution in [3.63, 3.8) is 0 Å². The summed E-state index contributed by atoms with van der Waals surface area (Å²) in [6, 6.07) is 4.65. The minimum Gasteiger partial charge on any atom is -0.370 e. The van der Waals surface area contributed by atoms with Crippen molar-refractivity contribution in [2.24, 2.45) is 4.99 Å². The minimum atomic E-state index is -2.91. The summed E-state index contributed by atoms with van der Waals surface area (Å²) in [5.41, 5.74) is 1.11. The van der Waals surface area contributed by atoms with Crippen LogP contribution < -0.4 is 0 Å². The molecule has 0 radical (unpaired) electrons. The molecule has 0 bridgehead atoms. The third-order valence-electron chi connectivity index (χ3n) is 4.23. The lowest BCUT2D eigenvalue weighted by Crippen LogP contribution is -2.36. The summed E-state index contributed by atoms with van der Waals surface area (Å²) in [6.45, 7) is 12.7. The van der Waals surface area contributed by atoms with Crippen molar-refractivity contribution in [1.82, 2.24) is 4.90 Å². The number of benzene rings is 1. The van der Waals surface area contributed by atoms with Crippen LogP contribution in [0.2, 0.25) is 0 Å². The van der Waals surface area contributed by atoms with Gasteiger partial charge >= 0.3 is 0 Å². The molecule has 0 saturated heterocycles. The Morgan fingerprint density at radius 3 is 2.29 bits per heavy atom. The number of hydrogen-bond acceptors (Lipinski definition) is 2. The van der Waals surface area contributed by atoms with Crippen LogP contribution in [0.15, 0.2) is 29.8 Å². The number of rotatable bonds is 6. The van der Waals surface area contributed by atoms with Gasteiger partial charge in [0.25, 0.3) is 5.92 Å². The molecule has 0 spiro atoms. The van der Waals surface area contributed by atoms with E-state index >= 15 is 0 Å². The number of nitrogens with zero attached hydrogens (tertiary/aromatic N) is 2. The van der Waals surface area contributed by atoms with Gasteiger partial charge in [-0.1, -0.05) is 19.6 Å². The predicted molar refractivity (Wildman–Crippen MR) is 95.0 cm³/mol. The van der Waals surface area contributed by atoms with Crippen molar-refractivity contribution in [2.75, 3.05) is 7.05 Å². The highest BCUT2D eigenvalue weighted by molar-refractivity contribution is 5.88. The van der Waals surface area contributed by atoms with E-state index in [9.17, 15) is 13.2 Å². The van der Waals surface area contributed by atoms with Gasteiger partial charge in [0.15, 0.2) is 0 Å². The molecule has 0 aliphatic carbocycles. The number of hydrogen-bond donors (Lipinski definition) is 0. The molecular formula is C19H27F3N2. The Bertz CT molecular complexity index is 628. The van der Waals surface area contributed by atoms with E-state index in [2.05, 4.69) is 11.6 Å². The Hall–Kier alpha value is -1.78. The average molecular weight is 340 g/mol. The highest BCUT2D eigenvalue weighted by Gasteiger charge is 2.29. The third-order valence-corrected chi connectivity index (χ3v) is 4.23. The molecular weight excluding hydrogens is 313 g/mol. The molecule has 0 saturated carbocycles. The molecule has 2 nitrogen and oxygen atoms in total. The van der Waals surface area contributed by atoms with E-state index in [-0.39, 0.29) is 24.2 Å². The van der Waals surface area contributed by atoms with Gasteiger partial charge in [0.2, 0.25) is 0 Å². The molecule has 0 atom stereocenters. The average Bonchev–Trinajstić information content (AvgIpc) is 2.50. The molecule has 0 aromatic heterocycles. The summed E-state index contributed by atoms with van der Waals surface area (Å²) >= 11 is 0. The smallest absolute Gasteiger partial charge is 0.285 e. The lowest BCUT2D eigenvalue weighted by Gasteiger charge is -2.35. The van der Waals surface area contributed by atoms with E-state index < -0.39 is 11.7 Å². The number of aliphatic imine (C=N–C) groups is 1. The van der Waals surface area contributed by atoms with Crippen LogP contribution >= 0.6 is 0 Å². The second-order valence-corrected chi connectivity index (χ2v) is 6.95. The Kier molecular flexibility index (Phi) is 6.26. The van der Waals surface area contributed by atoms with Gasteiger partial charge in [-0.15, -0.1) is 0 Å². The van der Waals surface area contributed by atoms with Crippen molar-refractivity contribution >= 4 is 11.4 Å². The molecule has 0 aliphatic heterocycles. The summed E-state index contributed by atoms with van der Waals surface area (Å²) in [4.78, 5) is 5.79. The van der Waals surface area contributed by atoms with Crippen LogP contribution in [0.1, 0.15) is 52.2 Å². The Morgan fingerprint density at radius 1 is 1.25 bits per heavy atom. The maximum absolute atomic E-state index is 14.4. The Labute approximate surface area is 143 Å². The standard InChI is InChI=1S/C19H27F3N2/c1-8-19(21,22)14(3)23-12-15-9-10-16(17(20)11-15)13(2)24(7)18(4,5)6/h9-11H,2,8,12H2,1,3-7H3/b23-14+. The zero-order valence-electron chi connectivity index (χ0n) is 15.4. The highest BCUT2D eigenvalue weighted by Crippen LogP contribution is 2.27. The molecule has 1 rings (SSSR count). The van der Waals surface area contributed by atoms with Gasteiger partial charge in [-0.05, 0) is 45.4 Å². The second kappa shape index (κ2) is 7.41. The monoisotopic (exact) mass is 340 g/mol. The normalized spacial score (nSPS) is 13.1. The van der Waals surface area contributed by atoms with Gasteiger partial charge in [-0.3, -0.25) is 4.99 Å². The van der Waals surface area contributed by atoms with E-state index in [0.717, 1.165) is 0 Å². The quantitative estimate of drug-likeness (QED) is 0.621. The first kappa shape index (κ1) is 20.3. The van der Waals surface area contributed by atoms with Crippen LogP contribution in [0.3, 0.4) is 0 Å². The van der Waals surface area contributed by atoms with Crippen molar-refractivity contribution in [1.29, 1.82) is 0 Å². The lowest BCUT2D eigenvalue weighted by molar-refractivity contribution is 0.0728. The highest BCUT2D eigenvalue weighted by atomic mass is 19.3. The van der Waals surface area contributed by atoms with Crippen LogP contribution in [0.4, 0.5) is 13.2 Å². The van der Waals surface area contributed by atoms with Gasteiger partial charge < -0.3 is 4.90 Å². The van der Waals surface area contributed by atoms with E-state index in [1.54, 1.807) is 12.1 Å². The first-order valence-corrected chi connectivity index (χ1v) is 8.01. The molecule has 0 amide bonds. The fraction of sp³-hybridized carbons (Fsp3) is 0.526. The van der Waals surface area contributed by atoms with E-state index in [4.69, 9.17) is 0 Å². The first-order valence-electron chi connectivity index (χ1n) is 8.01. The molecule has 0 fully saturated rings. The summed E-state index contributed by atoms with van der Waals surface area (Å²) in [6.07, 6.45) is -0.297. The SMILES string of the molecule is C=C(c1ccc(C/N=C(\C)C(F)(F)CC)cc1F)N(C)C(C)(C)C. The van der Waals surface area contributed by atoms with Crippen LogP contribution in [0.25, 0.3) is 5.70 Å². The largest absolute Gasteiger partial charge is 0.370 e. The van der Waals surface area contributed by atoms with Crippen LogP contribution in [-0.4, -0.2) is 29.1 Å². The fourth-order valence-corrected chi connectivity index (χ4v) is 2.06. The Balaban J connectivity index is 2.97. The molecule has 5 heteroatoms. The van der Waals surface area contributed by atoms with Crippen LogP contribution in [0, 0.1) is 5.82 Å². The van der Waals surface area contributed by atoms with Gasteiger partial charge in [0.05, 0.1) is 12.3 Å². The summed E-state index contributed by atoms with van der Waals surface area (Å²) in [5, 5.41) is 0. The molecule has 0 unspecified atom stereocenters. The van der Waals surface area contributed by atoms with Gasteiger partial charge in [0.1, 0.15) is 5.82 Å². The third kappa shape index (κ3) is 4.86. The first-order chi connectivity index (χ1) is 10.9. The van der Waals surface area contributed by atoms with Crippen LogP contribution in [-0.2, 0) is 6.54 Å². The van der Waals surface area contributed by atoms with Crippen molar-refractivity contribution in [3.05, 3.63) is 41.7 Å². The van der Waals surface area contributed by atoms with E-state index in [1.165, 1.54) is 19.9 Å². The van der Waals surface area contributed by atoms with E-state index in [0.29, 0.717) is 16.8 Å². The summed E-state index contributed by atoms with van der Waals surface area (Å²) in [5.74, 6) is -3.34. The molecule has 24 heavy (non-hydrogen) atoms. The molecule has 1 aromatic carbocycles. The zero-order valence-corrected chi connectivity index (χ0v) is 15.4. The topological polar surface area (TPSA) is 15.6 Å². The molecule has 1 aromatic rings. The molecule has 0 heterocycles. The molecule has 134 valence electrons. The summed E-state index contributed by atoms with van der Waals surface area (Å²) in [7, 11) is 1.86. The maximum atomic E-state index is 14.4.